The van der Waals surface area contributed by atoms with Gasteiger partial charge >= 0.3 is 0 Å². The van der Waals surface area contributed by atoms with E-state index in [1.165, 1.54) is 19.2 Å². The van der Waals surface area contributed by atoms with Gasteiger partial charge in [-0.15, -0.1) is 0 Å². The SMILES string of the molecule is COc1ccc(CN(C)Cc2c(O)ccc3c(=O)c(-c4ccccc4)c(C)oc23)cc1F. The zero-order valence-corrected chi connectivity index (χ0v) is 18.2. The van der Waals surface area contributed by atoms with Crippen molar-refractivity contribution < 1.29 is 18.7 Å². The summed E-state index contributed by atoms with van der Waals surface area (Å²) >= 11 is 0. The molecule has 6 heteroatoms. The highest BCUT2D eigenvalue weighted by atomic mass is 19.1. The molecule has 0 aliphatic carbocycles. The molecule has 0 aliphatic heterocycles. The van der Waals surface area contributed by atoms with Crippen molar-refractivity contribution in [3.05, 3.63) is 93.6 Å². The van der Waals surface area contributed by atoms with Crippen LogP contribution in [0.5, 0.6) is 11.5 Å². The number of ether oxygens (including phenoxy) is 1. The van der Waals surface area contributed by atoms with E-state index in [9.17, 15) is 14.3 Å². The van der Waals surface area contributed by atoms with Gasteiger partial charge in [0.2, 0.25) is 5.43 Å². The van der Waals surface area contributed by atoms with E-state index in [4.69, 9.17) is 9.15 Å². The molecule has 3 aromatic carbocycles. The van der Waals surface area contributed by atoms with E-state index >= 15 is 0 Å². The van der Waals surface area contributed by atoms with Crippen LogP contribution in [-0.2, 0) is 13.1 Å². The Bertz CT molecular complexity index is 1330. The van der Waals surface area contributed by atoms with Gasteiger partial charge in [0, 0.05) is 13.1 Å². The van der Waals surface area contributed by atoms with Gasteiger partial charge in [-0.2, -0.15) is 0 Å². The Hall–Kier alpha value is -3.64. The molecule has 0 spiro atoms. The van der Waals surface area contributed by atoms with Crippen molar-refractivity contribution in [3.63, 3.8) is 0 Å². The minimum atomic E-state index is -0.429. The number of hydrogen-bond acceptors (Lipinski definition) is 5. The van der Waals surface area contributed by atoms with Crippen LogP contribution in [0.2, 0.25) is 0 Å². The van der Waals surface area contributed by atoms with Crippen LogP contribution >= 0.6 is 0 Å². The summed E-state index contributed by atoms with van der Waals surface area (Å²) in [7, 11) is 3.27. The molecule has 0 saturated carbocycles. The Morgan fingerprint density at radius 2 is 1.81 bits per heavy atom. The molecule has 1 aromatic heterocycles. The van der Waals surface area contributed by atoms with Gasteiger partial charge in [-0.25, -0.2) is 4.39 Å². The monoisotopic (exact) mass is 433 g/mol. The molecule has 0 radical (unpaired) electrons. The van der Waals surface area contributed by atoms with Crippen molar-refractivity contribution in [1.29, 1.82) is 0 Å². The number of methoxy groups -OCH3 is 1. The predicted molar refractivity (Wildman–Crippen MR) is 122 cm³/mol. The minimum absolute atomic E-state index is 0.0419. The fourth-order valence-corrected chi connectivity index (χ4v) is 3.95. The Labute approximate surface area is 185 Å². The van der Waals surface area contributed by atoms with Crippen LogP contribution in [-0.4, -0.2) is 24.2 Å². The minimum Gasteiger partial charge on any atom is -0.507 e. The third kappa shape index (κ3) is 4.09. The van der Waals surface area contributed by atoms with Crippen molar-refractivity contribution in [2.45, 2.75) is 20.0 Å². The van der Waals surface area contributed by atoms with Crippen molar-refractivity contribution in [3.8, 4) is 22.6 Å². The molecule has 0 saturated heterocycles. The standard InChI is InChI=1S/C26H24FNO4/c1-16-24(18-7-5-4-6-8-18)25(30)19-10-11-22(29)20(26(19)32-16)15-28(2)14-17-9-12-23(31-3)21(27)13-17/h4-13,29H,14-15H2,1-3H3. The molecule has 4 rings (SSSR count). The molecular formula is C26H24FNO4. The third-order valence-electron chi connectivity index (χ3n) is 5.47. The average Bonchev–Trinajstić information content (AvgIpc) is 2.77. The first-order valence-corrected chi connectivity index (χ1v) is 10.2. The van der Waals surface area contributed by atoms with E-state index in [0.717, 1.165) is 11.1 Å². The number of benzene rings is 3. The van der Waals surface area contributed by atoms with Gasteiger partial charge in [0.25, 0.3) is 0 Å². The van der Waals surface area contributed by atoms with E-state index in [1.807, 2.05) is 42.3 Å². The fourth-order valence-electron chi connectivity index (χ4n) is 3.95. The number of hydrogen-bond donors (Lipinski definition) is 1. The van der Waals surface area contributed by atoms with Gasteiger partial charge in [0.15, 0.2) is 11.6 Å². The van der Waals surface area contributed by atoms with Crippen molar-refractivity contribution in [1.82, 2.24) is 4.90 Å². The summed E-state index contributed by atoms with van der Waals surface area (Å²) in [6.07, 6.45) is 0. The maximum atomic E-state index is 14.0. The number of aromatic hydroxyl groups is 1. The second-order valence-electron chi connectivity index (χ2n) is 7.81. The molecule has 32 heavy (non-hydrogen) atoms. The maximum absolute atomic E-state index is 14.0. The number of rotatable bonds is 6. The average molecular weight is 433 g/mol. The lowest BCUT2D eigenvalue weighted by Gasteiger charge is -2.19. The van der Waals surface area contributed by atoms with Crippen LogP contribution in [0.1, 0.15) is 16.9 Å². The first-order chi connectivity index (χ1) is 15.4. The van der Waals surface area contributed by atoms with Gasteiger partial charge in [-0.3, -0.25) is 9.69 Å². The van der Waals surface area contributed by atoms with Gasteiger partial charge < -0.3 is 14.3 Å². The van der Waals surface area contributed by atoms with Gasteiger partial charge in [0.05, 0.1) is 23.6 Å². The Kier molecular flexibility index (Phi) is 5.97. The molecule has 0 fully saturated rings. The molecule has 164 valence electrons. The first-order valence-electron chi connectivity index (χ1n) is 10.2. The molecule has 0 amide bonds. The summed E-state index contributed by atoms with van der Waals surface area (Å²) in [5, 5.41) is 10.9. The fraction of sp³-hybridized carbons (Fsp3) is 0.192. The molecule has 0 atom stereocenters. The second kappa shape index (κ2) is 8.85. The van der Waals surface area contributed by atoms with Crippen LogP contribution in [0.25, 0.3) is 22.1 Å². The highest BCUT2D eigenvalue weighted by molar-refractivity contribution is 5.86. The highest BCUT2D eigenvalue weighted by Gasteiger charge is 2.19. The zero-order chi connectivity index (χ0) is 22.8. The quantitative estimate of drug-likeness (QED) is 0.450. The predicted octanol–water partition coefficient (Wildman–Crippen LogP) is 5.25. The molecule has 5 nitrogen and oxygen atoms in total. The van der Waals surface area contributed by atoms with E-state index in [0.29, 0.717) is 40.9 Å². The summed E-state index contributed by atoms with van der Waals surface area (Å²) < 4.78 is 25.1. The van der Waals surface area contributed by atoms with Crippen LogP contribution in [0.4, 0.5) is 4.39 Å². The summed E-state index contributed by atoms with van der Waals surface area (Å²) in [6.45, 7) is 2.49. The Morgan fingerprint density at radius 1 is 1.06 bits per heavy atom. The highest BCUT2D eigenvalue weighted by Crippen LogP contribution is 2.31. The lowest BCUT2D eigenvalue weighted by Crippen LogP contribution is -2.18. The Balaban J connectivity index is 1.70. The van der Waals surface area contributed by atoms with E-state index in [2.05, 4.69) is 0 Å². The second-order valence-corrected chi connectivity index (χ2v) is 7.81. The molecule has 1 N–H and O–H groups in total. The van der Waals surface area contributed by atoms with Crippen molar-refractivity contribution in [2.24, 2.45) is 0 Å². The number of phenolic OH excluding ortho intramolecular Hbond substituents is 1. The molecular weight excluding hydrogens is 409 g/mol. The third-order valence-corrected chi connectivity index (χ3v) is 5.47. The molecule has 0 unspecified atom stereocenters. The van der Waals surface area contributed by atoms with Crippen LogP contribution in [0.15, 0.2) is 69.9 Å². The topological polar surface area (TPSA) is 62.9 Å². The summed E-state index contributed by atoms with van der Waals surface area (Å²) in [4.78, 5) is 15.2. The van der Waals surface area contributed by atoms with E-state index < -0.39 is 5.82 Å². The summed E-state index contributed by atoms with van der Waals surface area (Å²) in [5.41, 5.74) is 2.79. The van der Waals surface area contributed by atoms with Gasteiger partial charge in [0.1, 0.15) is 17.1 Å². The molecule has 0 aliphatic rings. The maximum Gasteiger partial charge on any atom is 0.200 e. The first kappa shape index (κ1) is 21.6. The van der Waals surface area contributed by atoms with E-state index in [-0.39, 0.29) is 16.9 Å². The number of fused-ring (bicyclic) bond motifs is 1. The van der Waals surface area contributed by atoms with Crippen LogP contribution < -0.4 is 10.2 Å². The zero-order valence-electron chi connectivity index (χ0n) is 18.2. The van der Waals surface area contributed by atoms with Crippen LogP contribution in [0, 0.1) is 12.7 Å². The largest absolute Gasteiger partial charge is 0.507 e. The van der Waals surface area contributed by atoms with Crippen molar-refractivity contribution >= 4 is 11.0 Å². The summed E-state index contributed by atoms with van der Waals surface area (Å²) in [6, 6.07) is 17.3. The lowest BCUT2D eigenvalue weighted by atomic mass is 10.0. The molecule has 0 bridgehead atoms. The molecule has 4 aromatic rings. The normalized spacial score (nSPS) is 11.3. The number of phenols is 1. The number of aryl methyl sites for hydroxylation is 1. The van der Waals surface area contributed by atoms with Gasteiger partial charge in [-0.1, -0.05) is 36.4 Å². The van der Waals surface area contributed by atoms with Crippen molar-refractivity contribution in [2.75, 3.05) is 14.2 Å². The van der Waals surface area contributed by atoms with Crippen LogP contribution in [0.3, 0.4) is 0 Å². The van der Waals surface area contributed by atoms with E-state index in [1.54, 1.807) is 25.1 Å². The number of nitrogens with zero attached hydrogens (tertiary/aromatic N) is 1. The lowest BCUT2D eigenvalue weighted by molar-refractivity contribution is 0.310. The number of halogens is 1. The van der Waals surface area contributed by atoms with Gasteiger partial charge in [-0.05, 0) is 49.4 Å². The smallest absolute Gasteiger partial charge is 0.200 e. The molecule has 1 heterocycles. The summed E-state index contributed by atoms with van der Waals surface area (Å²) in [5.74, 6) is 0.289. The Morgan fingerprint density at radius 3 is 2.50 bits per heavy atom.